The summed E-state index contributed by atoms with van der Waals surface area (Å²) in [5, 5.41) is 3.26. The van der Waals surface area contributed by atoms with Gasteiger partial charge in [0.05, 0.1) is 17.6 Å². The molecule has 178 valence electrons. The molecular weight excluding hydrogens is 474 g/mol. The molecule has 0 saturated heterocycles. The molecule has 0 heterocycles. The van der Waals surface area contributed by atoms with Crippen molar-refractivity contribution in [1.82, 2.24) is 10.2 Å². The number of benzene rings is 3. The lowest BCUT2D eigenvalue weighted by Gasteiger charge is -2.13. The van der Waals surface area contributed by atoms with Gasteiger partial charge in [-0.15, -0.1) is 4.40 Å². The van der Waals surface area contributed by atoms with Gasteiger partial charge in [-0.2, -0.15) is 8.42 Å². The Kier molecular flexibility index (Phi) is 8.31. The van der Waals surface area contributed by atoms with Crippen molar-refractivity contribution < 1.29 is 17.9 Å². The molecule has 0 radical (unpaired) electrons. The third kappa shape index (κ3) is 6.36. The Morgan fingerprint density at radius 3 is 2.50 bits per heavy atom. The molecular formula is C25H26ClN3O4S. The van der Waals surface area contributed by atoms with E-state index in [4.69, 9.17) is 16.3 Å². The normalized spacial score (nSPS) is 11.4. The van der Waals surface area contributed by atoms with E-state index >= 15 is 0 Å². The number of methoxy groups -OCH3 is 1. The highest BCUT2D eigenvalue weighted by atomic mass is 35.5. The minimum Gasteiger partial charge on any atom is -0.496 e. The Bertz CT molecular complexity index is 1290. The molecule has 3 aromatic carbocycles. The van der Waals surface area contributed by atoms with E-state index in [1.54, 1.807) is 43.3 Å². The maximum Gasteiger partial charge on any atom is 0.284 e. The maximum atomic E-state index is 13.0. The van der Waals surface area contributed by atoms with E-state index in [1.807, 2.05) is 36.4 Å². The monoisotopic (exact) mass is 499 g/mol. The zero-order chi connectivity index (χ0) is 24.7. The summed E-state index contributed by atoms with van der Waals surface area (Å²) in [5.41, 5.74) is 2.41. The van der Waals surface area contributed by atoms with Crippen LogP contribution in [0.25, 0.3) is 11.1 Å². The van der Waals surface area contributed by atoms with Gasteiger partial charge in [-0.25, -0.2) is 0 Å². The first kappa shape index (κ1) is 25.3. The zero-order valence-corrected chi connectivity index (χ0v) is 20.7. The van der Waals surface area contributed by atoms with E-state index in [-0.39, 0.29) is 10.8 Å². The van der Waals surface area contributed by atoms with Crippen LogP contribution in [0.15, 0.2) is 76.0 Å². The predicted octanol–water partition coefficient (Wildman–Crippen LogP) is 4.27. The average molecular weight is 500 g/mol. The number of nitrogens with one attached hydrogen (secondary N) is 1. The van der Waals surface area contributed by atoms with E-state index < -0.39 is 10.0 Å². The lowest BCUT2D eigenvalue weighted by atomic mass is 10.0. The maximum absolute atomic E-state index is 13.0. The summed E-state index contributed by atoms with van der Waals surface area (Å²) in [6.45, 7) is 0.291. The second-order valence-electron chi connectivity index (χ2n) is 7.71. The first-order chi connectivity index (χ1) is 16.2. The van der Waals surface area contributed by atoms with Gasteiger partial charge in [-0.1, -0.05) is 54.1 Å². The number of halogens is 1. The van der Waals surface area contributed by atoms with Crippen molar-refractivity contribution >= 4 is 33.9 Å². The number of amides is 1. The molecule has 0 saturated carbocycles. The number of ether oxygens (including phenoxy) is 1. The Hall–Kier alpha value is -3.36. The lowest BCUT2D eigenvalue weighted by Crippen LogP contribution is -2.26. The first-order valence-electron chi connectivity index (χ1n) is 10.5. The van der Waals surface area contributed by atoms with Gasteiger partial charge in [-0.05, 0) is 41.8 Å². The number of carbonyl (C=O) groups is 1. The van der Waals surface area contributed by atoms with Crippen LogP contribution in [0.4, 0.5) is 0 Å². The standard InChI is InChI=1S/C25H26ClN3O4S/c1-29(2)17-28-34(31,32)24-15-18(9-11-21(24)19-7-5-4-6-8-19)13-14-27-25(30)22-16-20(26)10-12-23(22)33-3/h4-12,15-17H,13-14H2,1-3H3,(H,27,30). The molecule has 0 aromatic heterocycles. The molecule has 0 aliphatic rings. The van der Waals surface area contributed by atoms with E-state index in [1.165, 1.54) is 19.5 Å². The van der Waals surface area contributed by atoms with Crippen molar-refractivity contribution in [2.75, 3.05) is 27.7 Å². The molecule has 3 aromatic rings. The molecule has 34 heavy (non-hydrogen) atoms. The molecule has 3 rings (SSSR count). The summed E-state index contributed by atoms with van der Waals surface area (Å²) in [6.07, 6.45) is 1.68. The molecule has 0 aliphatic carbocycles. The van der Waals surface area contributed by atoms with Gasteiger partial charge in [-0.3, -0.25) is 4.79 Å². The highest BCUT2D eigenvalue weighted by Crippen LogP contribution is 2.30. The van der Waals surface area contributed by atoms with Gasteiger partial charge in [0.2, 0.25) is 0 Å². The van der Waals surface area contributed by atoms with E-state index in [0.717, 1.165) is 11.1 Å². The largest absolute Gasteiger partial charge is 0.496 e. The van der Waals surface area contributed by atoms with Crippen LogP contribution >= 0.6 is 11.6 Å². The summed E-state index contributed by atoms with van der Waals surface area (Å²) in [6, 6.07) is 19.3. The minimum absolute atomic E-state index is 0.108. The molecule has 0 atom stereocenters. The Morgan fingerprint density at radius 2 is 1.82 bits per heavy atom. The topological polar surface area (TPSA) is 88.1 Å². The molecule has 0 spiro atoms. The van der Waals surface area contributed by atoms with Gasteiger partial charge < -0.3 is 15.0 Å². The Labute approximate surface area is 205 Å². The molecule has 0 fully saturated rings. The smallest absolute Gasteiger partial charge is 0.284 e. The SMILES string of the molecule is COc1ccc(Cl)cc1C(=O)NCCc1ccc(-c2ccccc2)c(S(=O)(=O)N=CN(C)C)c1. The second-order valence-corrected chi connectivity index (χ2v) is 9.74. The molecule has 0 aliphatic heterocycles. The number of carbonyl (C=O) groups excluding carboxylic acids is 1. The third-order valence-corrected chi connectivity index (χ3v) is 6.43. The third-order valence-electron chi connectivity index (χ3n) is 4.93. The molecule has 9 heteroatoms. The molecule has 1 amide bonds. The zero-order valence-electron chi connectivity index (χ0n) is 19.2. The van der Waals surface area contributed by atoms with Gasteiger partial charge in [0, 0.05) is 31.2 Å². The van der Waals surface area contributed by atoms with Crippen LogP contribution in [0.5, 0.6) is 5.75 Å². The summed E-state index contributed by atoms with van der Waals surface area (Å²) in [5.74, 6) is 0.0879. The number of nitrogens with zero attached hydrogens (tertiary/aromatic N) is 2. The molecule has 7 nitrogen and oxygen atoms in total. The molecule has 0 unspecified atom stereocenters. The summed E-state index contributed by atoms with van der Waals surface area (Å²) in [7, 11) is 0.935. The van der Waals surface area contributed by atoms with E-state index in [2.05, 4.69) is 9.71 Å². The first-order valence-corrected chi connectivity index (χ1v) is 12.3. The second kappa shape index (κ2) is 11.2. The van der Waals surface area contributed by atoms with Crippen molar-refractivity contribution in [1.29, 1.82) is 0 Å². The fourth-order valence-corrected chi connectivity index (χ4v) is 4.64. The van der Waals surface area contributed by atoms with Crippen LogP contribution in [0, 0.1) is 0 Å². The number of hydrogen-bond acceptors (Lipinski definition) is 4. The van der Waals surface area contributed by atoms with Crippen LogP contribution in [0.2, 0.25) is 5.02 Å². The van der Waals surface area contributed by atoms with Gasteiger partial charge in [0.25, 0.3) is 15.9 Å². The number of hydrogen-bond donors (Lipinski definition) is 1. The van der Waals surface area contributed by atoms with E-state index in [0.29, 0.717) is 34.9 Å². The fourth-order valence-electron chi connectivity index (χ4n) is 3.28. The molecule has 1 N–H and O–H groups in total. The number of rotatable bonds is 9. The van der Waals surface area contributed by atoms with Crippen LogP contribution in [-0.4, -0.2) is 53.3 Å². The quantitative estimate of drug-likeness (QED) is 0.351. The Morgan fingerprint density at radius 1 is 1.09 bits per heavy atom. The summed E-state index contributed by atoms with van der Waals surface area (Å²) in [4.78, 5) is 14.3. The van der Waals surface area contributed by atoms with Crippen molar-refractivity contribution in [3.63, 3.8) is 0 Å². The van der Waals surface area contributed by atoms with Crippen molar-refractivity contribution in [3.05, 3.63) is 82.9 Å². The Balaban J connectivity index is 1.85. The molecule has 0 bridgehead atoms. The predicted molar refractivity (Wildman–Crippen MR) is 135 cm³/mol. The van der Waals surface area contributed by atoms with E-state index in [9.17, 15) is 13.2 Å². The van der Waals surface area contributed by atoms with Gasteiger partial charge in [0.15, 0.2) is 0 Å². The van der Waals surface area contributed by atoms with Gasteiger partial charge in [0.1, 0.15) is 12.1 Å². The fraction of sp³-hybridized carbons (Fsp3) is 0.200. The highest BCUT2D eigenvalue weighted by molar-refractivity contribution is 7.90. The minimum atomic E-state index is -3.95. The van der Waals surface area contributed by atoms with Crippen LogP contribution in [0.3, 0.4) is 0 Å². The van der Waals surface area contributed by atoms with Crippen LogP contribution in [0.1, 0.15) is 15.9 Å². The van der Waals surface area contributed by atoms with Crippen molar-refractivity contribution in [2.45, 2.75) is 11.3 Å². The van der Waals surface area contributed by atoms with Crippen LogP contribution in [-0.2, 0) is 16.4 Å². The summed E-state index contributed by atoms with van der Waals surface area (Å²) >= 11 is 6.01. The lowest BCUT2D eigenvalue weighted by molar-refractivity contribution is 0.0951. The van der Waals surface area contributed by atoms with Crippen LogP contribution < -0.4 is 10.1 Å². The number of sulfonamides is 1. The van der Waals surface area contributed by atoms with Crippen molar-refractivity contribution in [3.8, 4) is 16.9 Å². The summed E-state index contributed by atoms with van der Waals surface area (Å²) < 4.78 is 35.1. The average Bonchev–Trinajstić information content (AvgIpc) is 2.83. The van der Waals surface area contributed by atoms with Gasteiger partial charge >= 0.3 is 0 Å². The van der Waals surface area contributed by atoms with Crippen molar-refractivity contribution in [2.24, 2.45) is 4.40 Å². The highest BCUT2D eigenvalue weighted by Gasteiger charge is 2.19.